The predicted molar refractivity (Wildman–Crippen MR) is 140 cm³/mol. The number of nitrogens with one attached hydrogen (secondary N) is 1. The average molecular weight is 533 g/mol. The number of aromatic amines is 1. The lowest BCUT2D eigenvalue weighted by atomic mass is 10.00. The number of anilines is 1. The third-order valence-electron chi connectivity index (χ3n) is 6.84. The molecule has 39 heavy (non-hydrogen) atoms. The Morgan fingerprint density at radius 3 is 2.64 bits per heavy atom. The standard InChI is InChI=1S/C17H11F2N5O.C11H15NO2/c18-10-3-6-13(12(19)7-10)25-11-4-1-9(2-5-11)15-14-16(20)21-8-22-17(14)24-23-15;13-9-3-4-10(14)12-8-2-1-5-11(12)6-7-11/h1-8H,(H3,20,21,22,23,24);13H,1-2,5-9H2. The molecule has 6 rings (SSSR count). The van der Waals surface area contributed by atoms with Gasteiger partial charge in [0, 0.05) is 23.7 Å². The molecule has 2 aromatic carbocycles. The average Bonchev–Trinajstić information content (AvgIpc) is 3.55. The first-order chi connectivity index (χ1) is 18.9. The monoisotopic (exact) mass is 532 g/mol. The molecule has 9 nitrogen and oxygen atoms in total. The number of nitrogens with zero attached hydrogens (tertiary/aromatic N) is 4. The molecule has 2 aromatic heterocycles. The van der Waals surface area contributed by atoms with Crippen LogP contribution in [0.5, 0.6) is 11.5 Å². The lowest BCUT2D eigenvalue weighted by Gasteiger charge is -2.34. The number of likely N-dealkylation sites (tertiary alicyclic amines) is 1. The topological polar surface area (TPSA) is 130 Å². The molecule has 1 spiro atoms. The number of H-pyrrole nitrogens is 1. The van der Waals surface area contributed by atoms with E-state index in [1.165, 1.54) is 18.8 Å². The van der Waals surface area contributed by atoms with Gasteiger partial charge in [-0.1, -0.05) is 5.92 Å². The Labute approximate surface area is 223 Å². The Balaban J connectivity index is 0.000000186. The van der Waals surface area contributed by atoms with Gasteiger partial charge in [-0.2, -0.15) is 5.10 Å². The SMILES string of the molecule is Nc1ncnc2n[nH]c(-c3ccc(Oc4ccc(F)cc4F)cc3)c12.O=C(C#CCO)N1CCCCC12CC2. The molecule has 0 bridgehead atoms. The van der Waals surface area contributed by atoms with Gasteiger partial charge in [-0.15, -0.1) is 0 Å². The first-order valence-electron chi connectivity index (χ1n) is 12.5. The lowest BCUT2D eigenvalue weighted by molar-refractivity contribution is -0.129. The van der Waals surface area contributed by atoms with Crippen LogP contribution in [-0.4, -0.2) is 54.8 Å². The van der Waals surface area contributed by atoms with Crippen LogP contribution in [0.3, 0.4) is 0 Å². The molecule has 2 aliphatic rings. The fourth-order valence-electron chi connectivity index (χ4n) is 4.72. The number of piperidine rings is 1. The molecule has 1 aliphatic carbocycles. The van der Waals surface area contributed by atoms with Gasteiger partial charge in [0.25, 0.3) is 5.91 Å². The van der Waals surface area contributed by atoms with E-state index in [4.69, 9.17) is 15.6 Å². The summed E-state index contributed by atoms with van der Waals surface area (Å²) in [7, 11) is 0. The Morgan fingerprint density at radius 2 is 1.92 bits per heavy atom. The van der Waals surface area contributed by atoms with Crippen LogP contribution in [0.4, 0.5) is 14.6 Å². The van der Waals surface area contributed by atoms with Gasteiger partial charge in [-0.25, -0.2) is 18.7 Å². The number of amides is 1. The molecule has 0 radical (unpaired) electrons. The quantitative estimate of drug-likeness (QED) is 0.337. The summed E-state index contributed by atoms with van der Waals surface area (Å²) >= 11 is 0. The summed E-state index contributed by atoms with van der Waals surface area (Å²) in [5, 5.41) is 16.1. The zero-order valence-corrected chi connectivity index (χ0v) is 21.0. The second-order valence-electron chi connectivity index (χ2n) is 9.36. The van der Waals surface area contributed by atoms with Crippen molar-refractivity contribution in [3.63, 3.8) is 0 Å². The van der Waals surface area contributed by atoms with Gasteiger partial charge in [-0.05, 0) is 74.4 Å². The van der Waals surface area contributed by atoms with Crippen molar-refractivity contribution >= 4 is 22.8 Å². The molecule has 200 valence electrons. The van der Waals surface area contributed by atoms with Crippen molar-refractivity contribution in [2.24, 2.45) is 0 Å². The van der Waals surface area contributed by atoms with Crippen molar-refractivity contribution in [2.45, 2.75) is 37.6 Å². The number of rotatable bonds is 3. The molecule has 1 saturated carbocycles. The minimum absolute atomic E-state index is 0.0567. The molecule has 1 aliphatic heterocycles. The molecular formula is C28H26F2N6O3. The maximum absolute atomic E-state index is 13.7. The number of aliphatic hydroxyl groups excluding tert-OH is 1. The van der Waals surface area contributed by atoms with Crippen LogP contribution in [-0.2, 0) is 4.79 Å². The number of ether oxygens (including phenoxy) is 1. The van der Waals surface area contributed by atoms with Gasteiger partial charge in [-0.3, -0.25) is 9.89 Å². The third-order valence-corrected chi connectivity index (χ3v) is 6.84. The minimum atomic E-state index is -0.770. The summed E-state index contributed by atoms with van der Waals surface area (Å²) < 4.78 is 32.0. The summed E-state index contributed by atoms with van der Waals surface area (Å²) in [5.41, 5.74) is 7.99. The number of benzene rings is 2. The number of aromatic nitrogens is 4. The maximum atomic E-state index is 13.7. The zero-order chi connectivity index (χ0) is 27.4. The Morgan fingerprint density at radius 1 is 1.13 bits per heavy atom. The number of nitrogen functional groups attached to an aromatic ring is 1. The smallest absolute Gasteiger partial charge is 0.299 e. The largest absolute Gasteiger partial charge is 0.454 e. The van der Waals surface area contributed by atoms with Crippen LogP contribution in [0.1, 0.15) is 32.1 Å². The fraction of sp³-hybridized carbons (Fsp3) is 0.286. The van der Waals surface area contributed by atoms with Crippen molar-refractivity contribution in [1.82, 2.24) is 25.1 Å². The van der Waals surface area contributed by atoms with E-state index >= 15 is 0 Å². The van der Waals surface area contributed by atoms with Crippen molar-refractivity contribution in [3.8, 4) is 34.6 Å². The second-order valence-corrected chi connectivity index (χ2v) is 9.36. The van der Waals surface area contributed by atoms with E-state index in [2.05, 4.69) is 32.0 Å². The third kappa shape index (κ3) is 5.66. The first kappa shape index (κ1) is 26.1. The highest BCUT2D eigenvalue weighted by atomic mass is 19.1. The minimum Gasteiger partial charge on any atom is -0.454 e. The van der Waals surface area contributed by atoms with Crippen molar-refractivity contribution in [1.29, 1.82) is 0 Å². The van der Waals surface area contributed by atoms with E-state index in [-0.39, 0.29) is 23.8 Å². The lowest BCUT2D eigenvalue weighted by Crippen LogP contribution is -2.45. The van der Waals surface area contributed by atoms with E-state index in [0.29, 0.717) is 28.3 Å². The van der Waals surface area contributed by atoms with Gasteiger partial charge in [0.1, 0.15) is 30.3 Å². The number of carbonyl (C=O) groups excluding carboxylic acids is 1. The summed E-state index contributed by atoms with van der Waals surface area (Å²) in [5.74, 6) is 4.05. The van der Waals surface area contributed by atoms with Crippen LogP contribution in [0, 0.1) is 23.5 Å². The van der Waals surface area contributed by atoms with Crippen LogP contribution >= 0.6 is 0 Å². The number of halogens is 2. The van der Waals surface area contributed by atoms with Gasteiger partial charge in [0.2, 0.25) is 0 Å². The Hall–Kier alpha value is -4.56. The second kappa shape index (κ2) is 11.0. The predicted octanol–water partition coefficient (Wildman–Crippen LogP) is 4.20. The number of nitrogens with two attached hydrogens (primary N) is 1. The van der Waals surface area contributed by atoms with Crippen molar-refractivity contribution in [2.75, 3.05) is 18.9 Å². The number of hydrogen-bond acceptors (Lipinski definition) is 7. The summed E-state index contributed by atoms with van der Waals surface area (Å²) in [6, 6.07) is 9.97. The fourth-order valence-corrected chi connectivity index (χ4v) is 4.72. The molecule has 2 fully saturated rings. The van der Waals surface area contributed by atoms with Crippen LogP contribution < -0.4 is 10.5 Å². The van der Waals surface area contributed by atoms with Crippen molar-refractivity contribution < 1.29 is 23.4 Å². The van der Waals surface area contributed by atoms with Gasteiger partial charge in [0.05, 0.1) is 11.1 Å². The highest BCUT2D eigenvalue weighted by Gasteiger charge is 2.50. The Kier molecular flexibility index (Phi) is 7.38. The first-order valence-corrected chi connectivity index (χ1v) is 12.5. The highest BCUT2D eigenvalue weighted by molar-refractivity contribution is 5.97. The van der Waals surface area contributed by atoms with E-state index in [1.807, 2.05) is 4.90 Å². The van der Waals surface area contributed by atoms with Gasteiger partial charge in [0.15, 0.2) is 17.2 Å². The molecule has 1 saturated heterocycles. The van der Waals surface area contributed by atoms with Crippen molar-refractivity contribution in [3.05, 3.63) is 60.4 Å². The van der Waals surface area contributed by atoms with Gasteiger partial charge < -0.3 is 20.5 Å². The molecule has 0 atom stereocenters. The molecule has 4 N–H and O–H groups in total. The normalized spacial score (nSPS) is 15.2. The van der Waals surface area contributed by atoms with E-state index < -0.39 is 11.6 Å². The van der Waals surface area contributed by atoms with Crippen LogP contribution in [0.15, 0.2) is 48.8 Å². The van der Waals surface area contributed by atoms with E-state index in [0.717, 1.165) is 49.9 Å². The molecule has 4 aromatic rings. The molecular weight excluding hydrogens is 506 g/mol. The maximum Gasteiger partial charge on any atom is 0.299 e. The van der Waals surface area contributed by atoms with Crippen LogP contribution in [0.25, 0.3) is 22.3 Å². The summed E-state index contributed by atoms with van der Waals surface area (Å²) in [6.45, 7) is 0.617. The number of carbonyl (C=O) groups is 1. The van der Waals surface area contributed by atoms with E-state index in [1.54, 1.807) is 24.3 Å². The molecule has 11 heteroatoms. The highest BCUT2D eigenvalue weighted by Crippen LogP contribution is 2.48. The van der Waals surface area contributed by atoms with E-state index in [9.17, 15) is 13.6 Å². The summed E-state index contributed by atoms with van der Waals surface area (Å²) in [4.78, 5) is 21.6. The number of hydrogen-bond donors (Lipinski definition) is 3. The molecule has 0 unspecified atom stereocenters. The van der Waals surface area contributed by atoms with Gasteiger partial charge >= 0.3 is 0 Å². The number of aliphatic hydroxyl groups is 1. The Bertz CT molecular complexity index is 1560. The van der Waals surface area contributed by atoms with Crippen LogP contribution in [0.2, 0.25) is 0 Å². The number of fused-ring (bicyclic) bond motifs is 1. The molecule has 1 amide bonds. The summed E-state index contributed by atoms with van der Waals surface area (Å²) in [6.07, 6.45) is 7.08. The molecule has 3 heterocycles. The zero-order valence-electron chi connectivity index (χ0n) is 21.0.